The summed E-state index contributed by atoms with van der Waals surface area (Å²) in [6.45, 7) is 0. The van der Waals surface area contributed by atoms with Crippen molar-refractivity contribution in [2.24, 2.45) is 0 Å². The Hall–Kier alpha value is 0.150. The molecule has 2 bridgehead atoms. The Balaban J connectivity index is 0.00000161. The summed E-state index contributed by atoms with van der Waals surface area (Å²) in [5.74, 6) is 0. The highest BCUT2D eigenvalue weighted by Crippen LogP contribution is 2.29. The number of hydrogen-bond donors (Lipinski definition) is 2. The zero-order valence-electron chi connectivity index (χ0n) is 11.2. The van der Waals surface area contributed by atoms with Gasteiger partial charge in [0.1, 0.15) is 4.90 Å². The van der Waals surface area contributed by atoms with Crippen LogP contribution in [-0.4, -0.2) is 26.5 Å². The van der Waals surface area contributed by atoms with Crippen molar-refractivity contribution in [3.05, 3.63) is 27.7 Å². The maximum atomic E-state index is 12.5. The van der Waals surface area contributed by atoms with Gasteiger partial charge in [0.05, 0.1) is 5.02 Å². The van der Waals surface area contributed by atoms with E-state index in [0.29, 0.717) is 16.6 Å². The molecule has 0 saturated carbocycles. The summed E-state index contributed by atoms with van der Waals surface area (Å²) in [5, 5.41) is 3.75. The van der Waals surface area contributed by atoms with Crippen molar-refractivity contribution in [2.45, 2.75) is 48.7 Å². The molecule has 1 aromatic rings. The first kappa shape index (κ1) is 17.5. The van der Waals surface area contributed by atoms with Gasteiger partial charge in [-0.05, 0) is 43.9 Å². The number of piperidine rings is 1. The lowest BCUT2D eigenvalue weighted by molar-refractivity contribution is 0.345. The average molecular weight is 416 g/mol. The summed E-state index contributed by atoms with van der Waals surface area (Å²) in [4.78, 5) is 0.138. The Kier molecular flexibility index (Phi) is 5.60. The summed E-state index contributed by atoms with van der Waals surface area (Å²) in [6, 6.07) is 5.74. The van der Waals surface area contributed by atoms with Crippen LogP contribution in [0.3, 0.4) is 0 Å². The molecule has 3 rings (SSSR count). The average Bonchev–Trinajstić information content (AvgIpc) is 2.71. The fraction of sp³-hybridized carbons (Fsp3) is 0.538. The Morgan fingerprint density at radius 3 is 2.48 bits per heavy atom. The number of sulfonamides is 1. The Labute approximate surface area is 144 Å². The van der Waals surface area contributed by atoms with E-state index in [1.54, 1.807) is 18.2 Å². The lowest BCUT2D eigenvalue weighted by atomic mass is 10.0. The Bertz CT molecular complexity index is 615. The number of halogens is 3. The molecule has 2 fully saturated rings. The van der Waals surface area contributed by atoms with Gasteiger partial charge in [0.25, 0.3) is 0 Å². The van der Waals surface area contributed by atoms with Gasteiger partial charge in [0.2, 0.25) is 10.0 Å². The van der Waals surface area contributed by atoms with E-state index in [4.69, 9.17) is 11.6 Å². The van der Waals surface area contributed by atoms with Gasteiger partial charge in [-0.25, -0.2) is 13.1 Å². The summed E-state index contributed by atoms with van der Waals surface area (Å²) < 4.78 is 28.4. The van der Waals surface area contributed by atoms with Crippen LogP contribution in [0.15, 0.2) is 27.6 Å². The third-order valence-electron chi connectivity index (χ3n) is 3.98. The van der Waals surface area contributed by atoms with Gasteiger partial charge in [-0.15, -0.1) is 12.4 Å². The van der Waals surface area contributed by atoms with Gasteiger partial charge < -0.3 is 5.32 Å². The molecule has 21 heavy (non-hydrogen) atoms. The number of hydrogen-bond acceptors (Lipinski definition) is 3. The molecule has 1 aromatic carbocycles. The normalized spacial score (nSPS) is 28.2. The molecule has 2 aliphatic rings. The second-order valence-electron chi connectivity index (χ2n) is 5.50. The van der Waals surface area contributed by atoms with E-state index in [-0.39, 0.29) is 28.4 Å². The van der Waals surface area contributed by atoms with E-state index in [2.05, 4.69) is 26.0 Å². The van der Waals surface area contributed by atoms with Crippen LogP contribution in [0.2, 0.25) is 5.02 Å². The number of benzene rings is 1. The van der Waals surface area contributed by atoms with Crippen LogP contribution < -0.4 is 10.0 Å². The van der Waals surface area contributed by atoms with Gasteiger partial charge in [-0.1, -0.05) is 27.5 Å². The maximum Gasteiger partial charge on any atom is 0.242 e. The molecule has 8 heteroatoms. The topological polar surface area (TPSA) is 58.2 Å². The summed E-state index contributed by atoms with van der Waals surface area (Å²) in [6.07, 6.45) is 3.98. The highest BCUT2D eigenvalue weighted by molar-refractivity contribution is 9.10. The van der Waals surface area contributed by atoms with E-state index in [1.807, 2.05) is 0 Å². The molecule has 0 amide bonds. The van der Waals surface area contributed by atoms with Gasteiger partial charge in [-0.3, -0.25) is 0 Å². The number of rotatable bonds is 3. The molecule has 0 spiro atoms. The summed E-state index contributed by atoms with van der Waals surface area (Å²) in [7, 11) is -3.57. The molecule has 0 aromatic heterocycles. The molecule has 2 N–H and O–H groups in total. The minimum atomic E-state index is -3.57. The van der Waals surface area contributed by atoms with Crippen LogP contribution in [0.5, 0.6) is 0 Å². The molecule has 2 unspecified atom stereocenters. The molecule has 4 nitrogen and oxygen atoms in total. The van der Waals surface area contributed by atoms with Crippen molar-refractivity contribution in [1.82, 2.24) is 10.0 Å². The second-order valence-corrected chi connectivity index (χ2v) is 8.51. The second kappa shape index (κ2) is 6.72. The quantitative estimate of drug-likeness (QED) is 0.797. The lowest BCUT2D eigenvalue weighted by Gasteiger charge is -2.29. The zero-order valence-corrected chi connectivity index (χ0v) is 15.2. The smallest absolute Gasteiger partial charge is 0.242 e. The molecule has 2 atom stereocenters. The molecule has 0 radical (unpaired) electrons. The molecule has 2 saturated heterocycles. The van der Waals surface area contributed by atoms with E-state index < -0.39 is 10.0 Å². The van der Waals surface area contributed by atoms with Gasteiger partial charge >= 0.3 is 0 Å². The Morgan fingerprint density at radius 1 is 1.24 bits per heavy atom. The van der Waals surface area contributed by atoms with Crippen molar-refractivity contribution in [1.29, 1.82) is 0 Å². The predicted octanol–water partition coefficient (Wildman–Crippen LogP) is 3.09. The van der Waals surface area contributed by atoms with Crippen molar-refractivity contribution in [3.63, 3.8) is 0 Å². The van der Waals surface area contributed by atoms with Crippen molar-refractivity contribution >= 4 is 50.0 Å². The first-order valence-corrected chi connectivity index (χ1v) is 9.33. The number of nitrogens with one attached hydrogen (secondary N) is 2. The van der Waals surface area contributed by atoms with Crippen molar-refractivity contribution in [3.8, 4) is 0 Å². The monoisotopic (exact) mass is 414 g/mol. The van der Waals surface area contributed by atoms with Crippen LogP contribution >= 0.6 is 39.9 Å². The Morgan fingerprint density at radius 2 is 1.86 bits per heavy atom. The lowest BCUT2D eigenvalue weighted by Crippen LogP contribution is -2.47. The molecule has 2 heterocycles. The maximum absolute atomic E-state index is 12.5. The fourth-order valence-electron chi connectivity index (χ4n) is 3.12. The van der Waals surface area contributed by atoms with Crippen LogP contribution in [-0.2, 0) is 10.0 Å². The van der Waals surface area contributed by atoms with Gasteiger partial charge in [0, 0.05) is 22.6 Å². The fourth-order valence-corrected chi connectivity index (χ4v) is 5.42. The standard InChI is InChI=1S/C13H16BrClN2O2S.ClH/c14-8-1-4-12(15)13(5-8)20(18,19)17-11-6-9-2-3-10(7-11)16-9;/h1,4-5,9-11,16-17H,2-3,6-7H2;1H. The van der Waals surface area contributed by atoms with Crippen molar-refractivity contribution < 1.29 is 8.42 Å². The first-order valence-electron chi connectivity index (χ1n) is 6.67. The molecule has 118 valence electrons. The van der Waals surface area contributed by atoms with E-state index in [1.165, 1.54) is 0 Å². The third kappa shape index (κ3) is 3.92. The highest BCUT2D eigenvalue weighted by Gasteiger charge is 2.35. The zero-order chi connectivity index (χ0) is 14.3. The van der Waals surface area contributed by atoms with E-state index >= 15 is 0 Å². The molecular formula is C13H17BrCl2N2O2S. The van der Waals surface area contributed by atoms with Crippen LogP contribution in [0, 0.1) is 0 Å². The van der Waals surface area contributed by atoms with Gasteiger partial charge in [0.15, 0.2) is 0 Å². The number of fused-ring (bicyclic) bond motifs is 2. The molecular weight excluding hydrogens is 399 g/mol. The van der Waals surface area contributed by atoms with Crippen molar-refractivity contribution in [2.75, 3.05) is 0 Å². The van der Waals surface area contributed by atoms with Crippen LogP contribution in [0.1, 0.15) is 25.7 Å². The van der Waals surface area contributed by atoms with Gasteiger partial charge in [-0.2, -0.15) is 0 Å². The first-order chi connectivity index (χ1) is 9.44. The van der Waals surface area contributed by atoms with Crippen LogP contribution in [0.25, 0.3) is 0 Å². The predicted molar refractivity (Wildman–Crippen MR) is 89.7 cm³/mol. The van der Waals surface area contributed by atoms with E-state index in [0.717, 1.165) is 25.7 Å². The third-order valence-corrected chi connectivity index (χ3v) is 6.47. The van der Waals surface area contributed by atoms with Crippen LogP contribution in [0.4, 0.5) is 0 Å². The minimum absolute atomic E-state index is 0. The van der Waals surface area contributed by atoms with E-state index in [9.17, 15) is 8.42 Å². The SMILES string of the molecule is Cl.O=S(=O)(NC1CC2CCC(C1)N2)c1cc(Br)ccc1Cl. The highest BCUT2D eigenvalue weighted by atomic mass is 79.9. The largest absolute Gasteiger partial charge is 0.311 e. The summed E-state index contributed by atoms with van der Waals surface area (Å²) >= 11 is 9.30. The molecule has 0 aliphatic carbocycles. The minimum Gasteiger partial charge on any atom is -0.311 e. The summed E-state index contributed by atoms with van der Waals surface area (Å²) in [5.41, 5.74) is 0. The molecule has 2 aliphatic heterocycles.